The van der Waals surface area contributed by atoms with Crippen molar-refractivity contribution in [2.24, 2.45) is 0 Å². The van der Waals surface area contributed by atoms with E-state index in [4.69, 9.17) is 23.6 Å². The summed E-state index contributed by atoms with van der Waals surface area (Å²) in [7, 11) is 0. The molecule has 0 bridgehead atoms. The molecule has 1 rings (SSSR count). The number of hydrogen-bond acceptors (Lipinski definition) is 2. The number of carbonyl (C=O) groups is 1. The zero-order chi connectivity index (χ0) is 14.1. The largest absolute Gasteiger partial charge is 0.270 e. The van der Waals surface area contributed by atoms with Crippen molar-refractivity contribution in [3.05, 3.63) is 34.9 Å². The normalized spacial score (nSPS) is 11.8. The maximum absolute atomic E-state index is 12.5. The molecule has 0 aliphatic rings. The molecule has 0 saturated carbocycles. The molecular weight excluding hydrogens is 271 g/mol. The summed E-state index contributed by atoms with van der Waals surface area (Å²) in [5, 5.41) is 1.31. The first-order chi connectivity index (χ1) is 8.12. The van der Waals surface area contributed by atoms with Gasteiger partial charge < -0.3 is 0 Å². The van der Waals surface area contributed by atoms with E-state index in [1.54, 1.807) is 0 Å². The lowest BCUT2D eigenvalue weighted by molar-refractivity contribution is 0.0244. The number of hydrogen-bond donors (Lipinski definition) is 0. The summed E-state index contributed by atoms with van der Waals surface area (Å²) in [6, 6.07) is 5.66. The Balaban J connectivity index is 3.18. The summed E-state index contributed by atoms with van der Waals surface area (Å²) in [6.45, 7) is 9.50. The van der Waals surface area contributed by atoms with Crippen molar-refractivity contribution in [2.75, 3.05) is 0 Å². The van der Waals surface area contributed by atoms with Crippen molar-refractivity contribution in [1.29, 1.82) is 0 Å². The molecule has 1 aromatic carbocycles. The van der Waals surface area contributed by atoms with E-state index in [0.717, 1.165) is 15.2 Å². The minimum absolute atomic E-state index is 0.223. The Morgan fingerprint density at radius 2 is 1.50 bits per heavy atom. The van der Waals surface area contributed by atoms with Gasteiger partial charge in [-0.05, 0) is 50.8 Å². The van der Waals surface area contributed by atoms with E-state index >= 15 is 0 Å². The Kier molecular flexibility index (Phi) is 4.65. The molecule has 0 spiro atoms. The first-order valence-electron chi connectivity index (χ1n) is 5.67. The van der Waals surface area contributed by atoms with Crippen molar-refractivity contribution in [1.82, 2.24) is 9.06 Å². The maximum atomic E-state index is 12.5. The second-order valence-corrected chi connectivity index (χ2v) is 6.19. The van der Waals surface area contributed by atoms with Gasteiger partial charge >= 0.3 is 0 Å². The number of carbonyl (C=O) groups excluding carboxylic acids is 1. The van der Waals surface area contributed by atoms with Crippen LogP contribution in [0.3, 0.4) is 0 Å². The van der Waals surface area contributed by atoms with Crippen LogP contribution in [-0.4, -0.2) is 20.5 Å². The van der Waals surface area contributed by atoms with Crippen molar-refractivity contribution >= 4 is 29.5 Å². The lowest BCUT2D eigenvalue weighted by Crippen LogP contribution is -2.49. The number of benzene rings is 1. The number of hydrazine groups is 1. The van der Waals surface area contributed by atoms with E-state index in [2.05, 4.69) is 0 Å². The van der Waals surface area contributed by atoms with E-state index in [-0.39, 0.29) is 5.91 Å². The van der Waals surface area contributed by atoms with Gasteiger partial charge in [-0.1, -0.05) is 17.2 Å². The molecule has 1 aromatic rings. The van der Waals surface area contributed by atoms with Gasteiger partial charge in [0.05, 0.1) is 5.54 Å². The number of aryl methyl sites for hydroxylation is 2. The van der Waals surface area contributed by atoms with Crippen molar-refractivity contribution < 1.29 is 4.79 Å². The molecular formula is C13H18Cl2N2O. The fraction of sp³-hybridized carbons (Fsp3) is 0.462. The molecule has 0 unspecified atom stereocenters. The summed E-state index contributed by atoms with van der Waals surface area (Å²) in [6.07, 6.45) is 0. The quantitative estimate of drug-likeness (QED) is 0.605. The Labute approximate surface area is 118 Å². The van der Waals surface area contributed by atoms with Crippen LogP contribution in [0.25, 0.3) is 0 Å². The SMILES string of the molecule is Cc1cc(C)cc(C(=O)N(N(Cl)Cl)C(C)(C)C)c1. The summed E-state index contributed by atoms with van der Waals surface area (Å²) in [5.41, 5.74) is 2.14. The van der Waals surface area contributed by atoms with Crippen molar-refractivity contribution in [3.63, 3.8) is 0 Å². The van der Waals surface area contributed by atoms with Gasteiger partial charge in [-0.2, -0.15) is 0 Å². The number of rotatable bonds is 2. The summed E-state index contributed by atoms with van der Waals surface area (Å²) < 4.78 is 0.792. The summed E-state index contributed by atoms with van der Waals surface area (Å²) in [5.74, 6) is -0.223. The molecule has 0 atom stereocenters. The minimum atomic E-state index is -0.502. The molecule has 18 heavy (non-hydrogen) atoms. The van der Waals surface area contributed by atoms with Gasteiger partial charge in [0.2, 0.25) is 0 Å². The smallest absolute Gasteiger partial charge is 0.268 e. The predicted octanol–water partition coefficient (Wildman–Crippen LogP) is 4.07. The number of halogens is 2. The molecule has 3 nitrogen and oxygen atoms in total. The first kappa shape index (κ1) is 15.3. The fourth-order valence-corrected chi connectivity index (χ4v) is 2.41. The van der Waals surface area contributed by atoms with Gasteiger partial charge in [-0.3, -0.25) is 4.79 Å². The van der Waals surface area contributed by atoms with Crippen LogP contribution in [0.2, 0.25) is 0 Å². The zero-order valence-corrected chi connectivity index (χ0v) is 12.8. The van der Waals surface area contributed by atoms with E-state index in [9.17, 15) is 4.79 Å². The average molecular weight is 289 g/mol. The number of nitrogens with zero attached hydrogens (tertiary/aromatic N) is 2. The Bertz CT molecular complexity index is 433. The maximum Gasteiger partial charge on any atom is 0.270 e. The van der Waals surface area contributed by atoms with Gasteiger partial charge in [0, 0.05) is 29.1 Å². The van der Waals surface area contributed by atoms with Crippen LogP contribution in [0.1, 0.15) is 42.3 Å². The monoisotopic (exact) mass is 288 g/mol. The molecule has 0 aliphatic carbocycles. The second-order valence-electron chi connectivity index (χ2n) is 5.38. The standard InChI is InChI=1S/C13H18Cl2N2O/c1-9-6-10(2)8-11(7-9)12(18)16(17(14)15)13(3,4)5/h6-8H,1-5H3. The van der Waals surface area contributed by atoms with E-state index in [1.165, 1.54) is 5.01 Å². The molecule has 0 heterocycles. The first-order valence-corrected chi connectivity index (χ1v) is 6.35. The third-order valence-electron chi connectivity index (χ3n) is 2.45. The van der Waals surface area contributed by atoms with Crippen molar-refractivity contribution in [2.45, 2.75) is 40.2 Å². The van der Waals surface area contributed by atoms with Crippen LogP contribution in [0.4, 0.5) is 0 Å². The lowest BCUT2D eigenvalue weighted by atomic mass is 10.0. The van der Waals surface area contributed by atoms with E-state index in [0.29, 0.717) is 5.56 Å². The van der Waals surface area contributed by atoms with Gasteiger partial charge in [-0.25, -0.2) is 5.01 Å². The molecule has 100 valence electrons. The third kappa shape index (κ3) is 3.61. The van der Waals surface area contributed by atoms with Crippen LogP contribution in [0.15, 0.2) is 18.2 Å². The van der Waals surface area contributed by atoms with Gasteiger partial charge in [-0.15, -0.1) is 0 Å². The topological polar surface area (TPSA) is 23.6 Å². The molecule has 0 saturated heterocycles. The highest BCUT2D eigenvalue weighted by Crippen LogP contribution is 2.24. The lowest BCUT2D eigenvalue weighted by Gasteiger charge is -2.36. The molecule has 0 N–H and O–H groups in total. The molecule has 1 amide bonds. The minimum Gasteiger partial charge on any atom is -0.268 e. The van der Waals surface area contributed by atoms with Crippen LogP contribution >= 0.6 is 23.6 Å². The molecule has 0 fully saturated rings. The van der Waals surface area contributed by atoms with Gasteiger partial charge in [0.25, 0.3) is 5.91 Å². The van der Waals surface area contributed by atoms with Gasteiger partial charge in [0.15, 0.2) is 0 Å². The average Bonchev–Trinajstić information content (AvgIpc) is 2.12. The summed E-state index contributed by atoms with van der Waals surface area (Å²) in [4.78, 5) is 12.5. The fourth-order valence-electron chi connectivity index (χ4n) is 1.82. The highest BCUT2D eigenvalue weighted by molar-refractivity contribution is 6.34. The Morgan fingerprint density at radius 3 is 1.83 bits per heavy atom. The predicted molar refractivity (Wildman–Crippen MR) is 75.4 cm³/mol. The van der Waals surface area contributed by atoms with Crippen molar-refractivity contribution in [3.8, 4) is 0 Å². The van der Waals surface area contributed by atoms with Crippen LogP contribution in [0.5, 0.6) is 0 Å². The highest BCUT2D eigenvalue weighted by atomic mass is 35.5. The molecule has 0 aromatic heterocycles. The Hall–Kier alpha value is -0.770. The zero-order valence-electron chi connectivity index (χ0n) is 11.3. The van der Waals surface area contributed by atoms with Crippen LogP contribution in [0, 0.1) is 13.8 Å². The number of amides is 1. The van der Waals surface area contributed by atoms with E-state index in [1.807, 2.05) is 52.8 Å². The summed E-state index contributed by atoms with van der Waals surface area (Å²) >= 11 is 11.5. The molecule has 0 aliphatic heterocycles. The Morgan fingerprint density at radius 1 is 1.06 bits per heavy atom. The van der Waals surface area contributed by atoms with E-state index < -0.39 is 5.54 Å². The molecule has 0 radical (unpaired) electrons. The van der Waals surface area contributed by atoms with Crippen LogP contribution < -0.4 is 0 Å². The third-order valence-corrected chi connectivity index (χ3v) is 2.75. The highest BCUT2D eigenvalue weighted by Gasteiger charge is 2.31. The second kappa shape index (κ2) is 5.47. The molecule has 5 heteroatoms. The van der Waals surface area contributed by atoms with Gasteiger partial charge in [0.1, 0.15) is 0 Å². The van der Waals surface area contributed by atoms with Crippen LogP contribution in [-0.2, 0) is 0 Å².